The molecule has 3 aliphatic heterocycles. The van der Waals surface area contributed by atoms with E-state index in [2.05, 4.69) is 36.5 Å². The molecular formula is C31H40N6O2. The minimum atomic E-state index is -0.0723. The van der Waals surface area contributed by atoms with Crippen LogP contribution in [0.1, 0.15) is 53.6 Å². The number of likely N-dealkylation sites (tertiary alicyclic amines) is 2. The Labute approximate surface area is 231 Å². The predicted octanol–water partition coefficient (Wildman–Crippen LogP) is 3.41. The Kier molecular flexibility index (Phi) is 9.51. The lowest BCUT2D eigenvalue weighted by Gasteiger charge is -2.35. The Morgan fingerprint density at radius 1 is 0.872 bits per heavy atom. The molecule has 4 heterocycles. The molecule has 8 heteroatoms. The number of amides is 2. The maximum atomic E-state index is 12.9. The molecule has 1 aromatic carbocycles. The van der Waals surface area contributed by atoms with Crippen molar-refractivity contribution in [1.29, 1.82) is 0 Å². The first-order valence-corrected chi connectivity index (χ1v) is 14.3. The van der Waals surface area contributed by atoms with Gasteiger partial charge in [-0.05, 0) is 86.5 Å². The molecule has 1 atom stereocenters. The minimum absolute atomic E-state index is 0.0723. The third-order valence-corrected chi connectivity index (χ3v) is 8.17. The second-order valence-corrected chi connectivity index (χ2v) is 11.0. The van der Waals surface area contributed by atoms with E-state index >= 15 is 0 Å². The van der Waals surface area contributed by atoms with Crippen LogP contribution in [0.25, 0.3) is 0 Å². The lowest BCUT2D eigenvalue weighted by molar-refractivity contribution is -0.127. The van der Waals surface area contributed by atoms with Crippen LogP contribution in [-0.4, -0.2) is 71.6 Å². The SMILES string of the molecule is O=C(NCc1ccncc1)c1ccc(CN2CCC(NC(=O)C3CCN(CC4C=CN=CC4)CC3)CC2)cc1. The molecule has 0 bridgehead atoms. The molecule has 1 unspecified atom stereocenters. The van der Waals surface area contributed by atoms with Crippen molar-refractivity contribution in [3.05, 3.63) is 77.8 Å². The molecule has 0 spiro atoms. The Morgan fingerprint density at radius 3 is 2.28 bits per heavy atom. The van der Waals surface area contributed by atoms with E-state index in [1.165, 1.54) is 5.56 Å². The maximum absolute atomic E-state index is 12.9. The van der Waals surface area contributed by atoms with Crippen molar-refractivity contribution in [2.45, 2.75) is 51.2 Å². The summed E-state index contributed by atoms with van der Waals surface area (Å²) in [6.45, 7) is 6.36. The number of aromatic nitrogens is 1. The third-order valence-electron chi connectivity index (χ3n) is 8.17. The highest BCUT2D eigenvalue weighted by molar-refractivity contribution is 5.94. The number of carbonyl (C=O) groups is 2. The van der Waals surface area contributed by atoms with E-state index in [9.17, 15) is 9.59 Å². The zero-order chi connectivity index (χ0) is 26.9. The number of benzene rings is 1. The van der Waals surface area contributed by atoms with Crippen LogP contribution in [0.3, 0.4) is 0 Å². The zero-order valence-electron chi connectivity index (χ0n) is 22.7. The quantitative estimate of drug-likeness (QED) is 0.521. The van der Waals surface area contributed by atoms with Crippen molar-refractivity contribution < 1.29 is 9.59 Å². The van der Waals surface area contributed by atoms with Crippen LogP contribution in [0, 0.1) is 11.8 Å². The predicted molar refractivity (Wildman–Crippen MR) is 153 cm³/mol. The van der Waals surface area contributed by atoms with Crippen molar-refractivity contribution >= 4 is 18.0 Å². The summed E-state index contributed by atoms with van der Waals surface area (Å²) in [6.07, 6.45) is 14.4. The number of piperidine rings is 2. The van der Waals surface area contributed by atoms with Gasteiger partial charge in [0.2, 0.25) is 5.91 Å². The van der Waals surface area contributed by atoms with Gasteiger partial charge >= 0.3 is 0 Å². The van der Waals surface area contributed by atoms with E-state index in [1.54, 1.807) is 12.4 Å². The molecule has 39 heavy (non-hydrogen) atoms. The second kappa shape index (κ2) is 13.6. The lowest BCUT2D eigenvalue weighted by atomic mass is 9.93. The van der Waals surface area contributed by atoms with Gasteiger partial charge in [0.1, 0.15) is 0 Å². The summed E-state index contributed by atoms with van der Waals surface area (Å²) in [6, 6.07) is 11.9. The van der Waals surface area contributed by atoms with Crippen molar-refractivity contribution in [3.8, 4) is 0 Å². The molecule has 5 rings (SSSR count). The summed E-state index contributed by atoms with van der Waals surface area (Å²) in [5.41, 5.74) is 2.89. The third kappa shape index (κ3) is 8.07. The molecule has 2 saturated heterocycles. The van der Waals surface area contributed by atoms with E-state index in [0.717, 1.165) is 76.9 Å². The van der Waals surface area contributed by atoms with E-state index in [-0.39, 0.29) is 23.8 Å². The molecular weight excluding hydrogens is 488 g/mol. The van der Waals surface area contributed by atoms with Gasteiger partial charge in [-0.2, -0.15) is 0 Å². The largest absolute Gasteiger partial charge is 0.353 e. The van der Waals surface area contributed by atoms with Crippen LogP contribution >= 0.6 is 0 Å². The number of nitrogens with zero attached hydrogens (tertiary/aromatic N) is 4. The second-order valence-electron chi connectivity index (χ2n) is 11.0. The van der Waals surface area contributed by atoms with Crippen LogP contribution in [0.2, 0.25) is 0 Å². The number of carbonyl (C=O) groups excluding carboxylic acids is 2. The number of hydrogen-bond donors (Lipinski definition) is 2. The topological polar surface area (TPSA) is 89.9 Å². The monoisotopic (exact) mass is 528 g/mol. The molecule has 2 fully saturated rings. The molecule has 2 N–H and O–H groups in total. The molecule has 0 aliphatic carbocycles. The molecule has 8 nitrogen and oxygen atoms in total. The molecule has 0 radical (unpaired) electrons. The normalized spacial score (nSPS) is 21.1. The molecule has 3 aliphatic rings. The number of aliphatic imine (C=N–C) groups is 1. The fourth-order valence-corrected chi connectivity index (χ4v) is 5.71. The van der Waals surface area contributed by atoms with E-state index in [1.807, 2.05) is 48.8 Å². The first kappa shape index (κ1) is 27.2. The number of pyridine rings is 1. The Balaban J connectivity index is 0.985. The number of nitrogens with one attached hydrogen (secondary N) is 2. The van der Waals surface area contributed by atoms with Crippen molar-refractivity contribution in [2.75, 3.05) is 32.7 Å². The van der Waals surface area contributed by atoms with Gasteiger partial charge in [0.05, 0.1) is 0 Å². The van der Waals surface area contributed by atoms with Crippen molar-refractivity contribution in [3.63, 3.8) is 0 Å². The molecule has 2 aromatic rings. The molecule has 2 amide bonds. The molecule has 0 saturated carbocycles. The summed E-state index contributed by atoms with van der Waals surface area (Å²) in [5, 5.41) is 6.31. The highest BCUT2D eigenvalue weighted by atomic mass is 16.2. The van der Waals surface area contributed by atoms with Gasteiger partial charge < -0.3 is 15.5 Å². The summed E-state index contributed by atoms with van der Waals surface area (Å²) in [4.78, 5) is 38.5. The first-order valence-electron chi connectivity index (χ1n) is 14.3. The van der Waals surface area contributed by atoms with Gasteiger partial charge in [0.25, 0.3) is 5.91 Å². The van der Waals surface area contributed by atoms with Crippen LogP contribution in [0.15, 0.2) is 66.1 Å². The van der Waals surface area contributed by atoms with Crippen molar-refractivity contribution in [1.82, 2.24) is 25.4 Å². The summed E-state index contributed by atoms with van der Waals surface area (Å²) in [5.74, 6) is 0.870. The number of hydrogen-bond acceptors (Lipinski definition) is 6. The summed E-state index contributed by atoms with van der Waals surface area (Å²) in [7, 11) is 0. The zero-order valence-corrected chi connectivity index (χ0v) is 22.7. The van der Waals surface area contributed by atoms with E-state index in [4.69, 9.17) is 0 Å². The van der Waals surface area contributed by atoms with Crippen LogP contribution in [-0.2, 0) is 17.9 Å². The van der Waals surface area contributed by atoms with Gasteiger partial charge in [-0.25, -0.2) is 0 Å². The number of rotatable bonds is 9. The van der Waals surface area contributed by atoms with Gasteiger partial charge in [-0.1, -0.05) is 18.2 Å². The van der Waals surface area contributed by atoms with Crippen LogP contribution in [0.4, 0.5) is 0 Å². The van der Waals surface area contributed by atoms with Gasteiger partial charge in [0, 0.05) is 75.1 Å². The standard InChI is InChI=1S/C31H40N6O2/c38-30(34-21-24-5-13-32-14-6-24)27-3-1-25(2-4-27)22-37-19-11-29(12-20-37)35-31(39)28-9-17-36(18-10-28)23-26-7-15-33-16-8-26/h1-7,13-16,26,28-29H,8-12,17-23H2,(H,34,38)(H,35,39). The lowest BCUT2D eigenvalue weighted by Crippen LogP contribution is -2.48. The van der Waals surface area contributed by atoms with Crippen LogP contribution < -0.4 is 10.6 Å². The Bertz CT molecular complexity index is 1130. The smallest absolute Gasteiger partial charge is 0.251 e. The fraction of sp³-hybridized carbons (Fsp3) is 0.484. The van der Waals surface area contributed by atoms with Gasteiger partial charge in [-0.15, -0.1) is 0 Å². The van der Waals surface area contributed by atoms with E-state index in [0.29, 0.717) is 18.0 Å². The van der Waals surface area contributed by atoms with E-state index < -0.39 is 0 Å². The Morgan fingerprint density at radius 2 is 1.59 bits per heavy atom. The molecule has 1 aromatic heterocycles. The van der Waals surface area contributed by atoms with Gasteiger partial charge in [0.15, 0.2) is 0 Å². The Hall–Kier alpha value is -3.36. The highest BCUT2D eigenvalue weighted by Crippen LogP contribution is 2.21. The summed E-state index contributed by atoms with van der Waals surface area (Å²) >= 11 is 0. The minimum Gasteiger partial charge on any atom is -0.353 e. The average Bonchev–Trinajstić information content (AvgIpc) is 2.99. The summed E-state index contributed by atoms with van der Waals surface area (Å²) < 4.78 is 0. The van der Waals surface area contributed by atoms with Crippen molar-refractivity contribution in [2.24, 2.45) is 16.8 Å². The average molecular weight is 529 g/mol. The highest BCUT2D eigenvalue weighted by Gasteiger charge is 2.28. The first-order chi connectivity index (χ1) is 19.1. The van der Waals surface area contributed by atoms with Gasteiger partial charge in [-0.3, -0.25) is 24.5 Å². The van der Waals surface area contributed by atoms with Crippen LogP contribution in [0.5, 0.6) is 0 Å². The molecule has 206 valence electrons. The maximum Gasteiger partial charge on any atom is 0.251 e. The fourth-order valence-electron chi connectivity index (χ4n) is 5.71.